The molecule has 0 aromatic carbocycles. The molecule has 7 nitrogen and oxygen atoms in total. The van der Waals surface area contributed by atoms with E-state index < -0.39 is 0 Å². The number of carbonyl (C=O) groups is 2. The highest BCUT2D eigenvalue weighted by Crippen LogP contribution is 2.39. The first-order valence-corrected chi connectivity index (χ1v) is 12.5. The summed E-state index contributed by atoms with van der Waals surface area (Å²) in [6, 6.07) is 0. The maximum absolute atomic E-state index is 12.4. The van der Waals surface area contributed by atoms with Crippen LogP contribution in [0.25, 0.3) is 0 Å². The zero-order valence-electron chi connectivity index (χ0n) is 15.5. The molecule has 0 radical (unpaired) electrons. The Morgan fingerprint density at radius 2 is 2.07 bits per heavy atom. The third-order valence-corrected chi connectivity index (χ3v) is 8.72. The van der Waals surface area contributed by atoms with E-state index in [-0.39, 0.29) is 11.8 Å². The summed E-state index contributed by atoms with van der Waals surface area (Å²) in [6.45, 7) is 4.73. The number of nitrogens with zero attached hydrogens (tertiary/aromatic N) is 2. The SMILES string of the molecule is Cc1nc(N2CCOCC2)sc1C(=O)NNC(=O)CCCCC1CCSS1. The lowest BCUT2D eigenvalue weighted by Crippen LogP contribution is -2.41. The smallest absolute Gasteiger partial charge is 0.281 e. The normalized spacial score (nSPS) is 19.9. The first kappa shape index (κ1) is 20.8. The van der Waals surface area contributed by atoms with Crippen molar-refractivity contribution in [3.8, 4) is 0 Å². The fraction of sp³-hybridized carbons (Fsp3) is 0.706. The van der Waals surface area contributed by atoms with Crippen molar-refractivity contribution in [2.24, 2.45) is 0 Å². The van der Waals surface area contributed by atoms with Crippen LogP contribution in [0.2, 0.25) is 0 Å². The molecule has 0 bridgehead atoms. The molecule has 1 aromatic heterocycles. The number of rotatable bonds is 7. The Balaban J connectivity index is 1.38. The molecule has 1 unspecified atom stereocenters. The van der Waals surface area contributed by atoms with Crippen molar-refractivity contribution in [3.63, 3.8) is 0 Å². The van der Waals surface area contributed by atoms with Gasteiger partial charge in [-0.1, -0.05) is 39.3 Å². The number of amides is 2. The summed E-state index contributed by atoms with van der Waals surface area (Å²) < 4.78 is 5.35. The molecule has 2 amide bonds. The molecule has 27 heavy (non-hydrogen) atoms. The monoisotopic (exact) mass is 430 g/mol. The number of nitrogens with one attached hydrogen (secondary N) is 2. The van der Waals surface area contributed by atoms with Crippen molar-refractivity contribution in [1.82, 2.24) is 15.8 Å². The van der Waals surface area contributed by atoms with Gasteiger partial charge in [0.25, 0.3) is 5.91 Å². The second kappa shape index (κ2) is 10.5. The molecule has 3 heterocycles. The number of morpholine rings is 1. The highest BCUT2D eigenvalue weighted by atomic mass is 33.1. The lowest BCUT2D eigenvalue weighted by Gasteiger charge is -2.25. The van der Waals surface area contributed by atoms with Crippen molar-refractivity contribution in [2.45, 2.75) is 44.3 Å². The minimum atomic E-state index is -0.308. The van der Waals surface area contributed by atoms with Gasteiger partial charge >= 0.3 is 0 Å². The number of hydrogen-bond acceptors (Lipinski definition) is 8. The molecular formula is C17H26N4O3S3. The van der Waals surface area contributed by atoms with Gasteiger partial charge in [0.05, 0.1) is 18.9 Å². The lowest BCUT2D eigenvalue weighted by molar-refractivity contribution is -0.122. The Kier molecular flexibility index (Phi) is 8.10. The summed E-state index contributed by atoms with van der Waals surface area (Å²) in [7, 11) is 3.91. The summed E-state index contributed by atoms with van der Waals surface area (Å²) in [5, 5.41) is 1.57. The zero-order valence-corrected chi connectivity index (χ0v) is 17.9. The van der Waals surface area contributed by atoms with E-state index in [0.29, 0.717) is 30.2 Å². The molecule has 2 aliphatic heterocycles. The molecule has 10 heteroatoms. The summed E-state index contributed by atoms with van der Waals surface area (Å²) in [5.41, 5.74) is 5.72. The van der Waals surface area contributed by atoms with E-state index in [1.165, 1.54) is 29.9 Å². The second-order valence-corrected chi connectivity index (χ2v) is 10.4. The number of aromatic nitrogens is 1. The maximum atomic E-state index is 12.4. The number of hydrogen-bond donors (Lipinski definition) is 2. The zero-order chi connectivity index (χ0) is 19.1. The van der Waals surface area contributed by atoms with Gasteiger partial charge in [-0.25, -0.2) is 4.98 Å². The quantitative estimate of drug-likeness (QED) is 0.391. The van der Waals surface area contributed by atoms with E-state index in [1.54, 1.807) is 0 Å². The third kappa shape index (κ3) is 6.27. The Morgan fingerprint density at radius 1 is 1.26 bits per heavy atom. The van der Waals surface area contributed by atoms with Crippen LogP contribution in [0.5, 0.6) is 0 Å². The van der Waals surface area contributed by atoms with Crippen molar-refractivity contribution in [1.29, 1.82) is 0 Å². The molecule has 1 atom stereocenters. The molecule has 2 fully saturated rings. The molecular weight excluding hydrogens is 404 g/mol. The Hall–Kier alpha value is -0.970. The van der Waals surface area contributed by atoms with Gasteiger partial charge in [-0.05, 0) is 26.2 Å². The molecule has 0 aliphatic carbocycles. The van der Waals surface area contributed by atoms with Gasteiger partial charge in [0.1, 0.15) is 4.88 Å². The van der Waals surface area contributed by atoms with Gasteiger partial charge in [-0.15, -0.1) is 0 Å². The molecule has 2 aliphatic rings. The minimum absolute atomic E-state index is 0.146. The highest BCUT2D eigenvalue weighted by molar-refractivity contribution is 8.77. The largest absolute Gasteiger partial charge is 0.378 e. The Labute approximate surface area is 171 Å². The van der Waals surface area contributed by atoms with Crippen LogP contribution < -0.4 is 15.8 Å². The Morgan fingerprint density at radius 3 is 2.81 bits per heavy atom. The van der Waals surface area contributed by atoms with Crippen LogP contribution >= 0.6 is 32.9 Å². The standard InChI is InChI=1S/C17H26N4O3S3/c1-12-15(26-17(18-12)21-7-9-24-10-8-21)16(23)20-19-14(22)5-3-2-4-13-6-11-25-27-13/h13H,2-11H2,1H3,(H,19,22)(H,20,23). The lowest BCUT2D eigenvalue weighted by atomic mass is 10.1. The molecule has 2 N–H and O–H groups in total. The summed E-state index contributed by atoms with van der Waals surface area (Å²) in [6.07, 6.45) is 4.78. The predicted octanol–water partition coefficient (Wildman–Crippen LogP) is 2.76. The van der Waals surface area contributed by atoms with Crippen LogP contribution in [-0.2, 0) is 9.53 Å². The molecule has 3 rings (SSSR count). The number of thiazole rings is 1. The van der Waals surface area contributed by atoms with Crippen LogP contribution in [0.1, 0.15) is 47.5 Å². The van der Waals surface area contributed by atoms with Gasteiger partial charge in [-0.2, -0.15) is 0 Å². The number of unbranched alkanes of at least 4 members (excludes halogenated alkanes) is 1. The summed E-state index contributed by atoms with van der Waals surface area (Å²) in [4.78, 5) is 31.5. The number of ether oxygens (including phenoxy) is 1. The molecule has 0 saturated carbocycles. The maximum Gasteiger partial charge on any atom is 0.281 e. The first-order chi connectivity index (χ1) is 13.1. The van der Waals surface area contributed by atoms with E-state index in [2.05, 4.69) is 20.7 Å². The van der Waals surface area contributed by atoms with Crippen LogP contribution in [0.15, 0.2) is 0 Å². The third-order valence-electron chi connectivity index (χ3n) is 4.50. The van der Waals surface area contributed by atoms with Crippen LogP contribution in [0.3, 0.4) is 0 Å². The van der Waals surface area contributed by atoms with E-state index in [1.807, 2.05) is 28.5 Å². The average molecular weight is 431 g/mol. The van der Waals surface area contributed by atoms with Crippen molar-refractivity contribution in [2.75, 3.05) is 37.0 Å². The number of anilines is 1. The summed E-state index contributed by atoms with van der Waals surface area (Å²) >= 11 is 1.35. The number of aryl methyl sites for hydroxylation is 1. The van der Waals surface area contributed by atoms with Gasteiger partial charge in [0, 0.05) is 30.5 Å². The van der Waals surface area contributed by atoms with Crippen LogP contribution in [0, 0.1) is 6.92 Å². The van der Waals surface area contributed by atoms with Gasteiger partial charge in [0.2, 0.25) is 5.91 Å². The molecule has 0 spiro atoms. The van der Waals surface area contributed by atoms with Crippen LogP contribution in [-0.4, -0.2) is 54.1 Å². The van der Waals surface area contributed by atoms with Crippen molar-refractivity contribution >= 4 is 49.9 Å². The van der Waals surface area contributed by atoms with Crippen molar-refractivity contribution < 1.29 is 14.3 Å². The van der Waals surface area contributed by atoms with E-state index in [4.69, 9.17) is 4.74 Å². The first-order valence-electron chi connectivity index (χ1n) is 9.31. The molecule has 1 aromatic rings. The predicted molar refractivity (Wildman–Crippen MR) is 112 cm³/mol. The van der Waals surface area contributed by atoms with Gasteiger partial charge in [0.15, 0.2) is 5.13 Å². The minimum Gasteiger partial charge on any atom is -0.378 e. The van der Waals surface area contributed by atoms with Gasteiger partial charge < -0.3 is 9.64 Å². The van der Waals surface area contributed by atoms with Crippen molar-refractivity contribution in [3.05, 3.63) is 10.6 Å². The number of hydrazine groups is 1. The average Bonchev–Trinajstić information content (AvgIpc) is 3.33. The van der Waals surface area contributed by atoms with E-state index >= 15 is 0 Å². The summed E-state index contributed by atoms with van der Waals surface area (Å²) in [5.74, 6) is 0.788. The highest BCUT2D eigenvalue weighted by Gasteiger charge is 2.21. The fourth-order valence-electron chi connectivity index (χ4n) is 2.95. The molecule has 150 valence electrons. The van der Waals surface area contributed by atoms with E-state index in [0.717, 1.165) is 36.3 Å². The van der Waals surface area contributed by atoms with E-state index in [9.17, 15) is 9.59 Å². The fourth-order valence-corrected chi connectivity index (χ4v) is 6.99. The Bertz CT molecular complexity index is 643. The molecule has 2 saturated heterocycles. The van der Waals surface area contributed by atoms with Crippen LogP contribution in [0.4, 0.5) is 5.13 Å². The second-order valence-electron chi connectivity index (χ2n) is 6.59. The number of carbonyl (C=O) groups excluding carboxylic acids is 2. The van der Waals surface area contributed by atoms with Gasteiger partial charge in [-0.3, -0.25) is 20.4 Å². The topological polar surface area (TPSA) is 83.6 Å².